The fourth-order valence-corrected chi connectivity index (χ4v) is 3.03. The summed E-state index contributed by atoms with van der Waals surface area (Å²) in [5.74, 6) is 0.364. The third-order valence-electron chi connectivity index (χ3n) is 4.10. The molecule has 0 radical (unpaired) electrons. The average molecular weight is 276 g/mol. The molecule has 1 saturated heterocycles. The zero-order chi connectivity index (χ0) is 14.7. The normalized spacial score (nSPS) is 25.4. The Morgan fingerprint density at radius 3 is 2.45 bits per heavy atom. The molecule has 0 spiro atoms. The highest BCUT2D eigenvalue weighted by atomic mass is 16.3. The SMILES string of the molecule is CC(=O)N(C[C@H]1N[C@H](CO)[C@@H]1c1ccccc1)C(C)C. The molecule has 1 aromatic carbocycles. The summed E-state index contributed by atoms with van der Waals surface area (Å²) in [5.41, 5.74) is 1.22. The summed E-state index contributed by atoms with van der Waals surface area (Å²) < 4.78 is 0. The van der Waals surface area contributed by atoms with E-state index in [1.54, 1.807) is 6.92 Å². The van der Waals surface area contributed by atoms with Crippen LogP contribution < -0.4 is 5.32 Å². The molecule has 1 aliphatic rings. The van der Waals surface area contributed by atoms with E-state index in [1.807, 2.05) is 36.9 Å². The summed E-state index contributed by atoms with van der Waals surface area (Å²) in [5, 5.41) is 12.8. The van der Waals surface area contributed by atoms with Crippen LogP contribution in [-0.4, -0.2) is 47.2 Å². The number of carbonyl (C=O) groups excluding carboxylic acids is 1. The molecule has 4 nitrogen and oxygen atoms in total. The quantitative estimate of drug-likeness (QED) is 0.854. The van der Waals surface area contributed by atoms with Gasteiger partial charge in [0.2, 0.25) is 5.91 Å². The van der Waals surface area contributed by atoms with Crippen molar-refractivity contribution >= 4 is 5.91 Å². The molecule has 110 valence electrons. The lowest BCUT2D eigenvalue weighted by molar-refractivity contribution is -0.131. The molecule has 1 amide bonds. The fraction of sp³-hybridized carbons (Fsp3) is 0.562. The maximum atomic E-state index is 11.7. The van der Waals surface area contributed by atoms with Gasteiger partial charge in [0, 0.05) is 37.5 Å². The van der Waals surface area contributed by atoms with Gasteiger partial charge in [0.05, 0.1) is 6.61 Å². The summed E-state index contributed by atoms with van der Waals surface area (Å²) in [6.07, 6.45) is 0. The fourth-order valence-electron chi connectivity index (χ4n) is 3.03. The maximum Gasteiger partial charge on any atom is 0.219 e. The van der Waals surface area contributed by atoms with Gasteiger partial charge >= 0.3 is 0 Å². The number of aliphatic hydroxyl groups excluding tert-OH is 1. The number of hydrogen-bond donors (Lipinski definition) is 2. The van der Waals surface area contributed by atoms with Gasteiger partial charge in [0.1, 0.15) is 0 Å². The molecule has 20 heavy (non-hydrogen) atoms. The Hall–Kier alpha value is -1.39. The van der Waals surface area contributed by atoms with Gasteiger partial charge in [-0.3, -0.25) is 4.79 Å². The third kappa shape index (κ3) is 3.02. The zero-order valence-electron chi connectivity index (χ0n) is 12.4. The van der Waals surface area contributed by atoms with Crippen molar-refractivity contribution in [2.75, 3.05) is 13.2 Å². The first-order valence-electron chi connectivity index (χ1n) is 7.23. The number of amides is 1. The summed E-state index contributed by atoms with van der Waals surface area (Å²) >= 11 is 0. The highest BCUT2D eigenvalue weighted by molar-refractivity contribution is 5.73. The first-order valence-corrected chi connectivity index (χ1v) is 7.23. The van der Waals surface area contributed by atoms with Crippen LogP contribution >= 0.6 is 0 Å². The van der Waals surface area contributed by atoms with Gasteiger partial charge in [-0.25, -0.2) is 0 Å². The Morgan fingerprint density at radius 2 is 1.95 bits per heavy atom. The van der Waals surface area contributed by atoms with Crippen molar-refractivity contribution in [2.24, 2.45) is 0 Å². The maximum absolute atomic E-state index is 11.7. The second-order valence-corrected chi connectivity index (χ2v) is 5.76. The van der Waals surface area contributed by atoms with Gasteiger partial charge in [-0.05, 0) is 19.4 Å². The van der Waals surface area contributed by atoms with Crippen LogP contribution in [0.3, 0.4) is 0 Å². The van der Waals surface area contributed by atoms with E-state index in [9.17, 15) is 9.90 Å². The van der Waals surface area contributed by atoms with Gasteiger partial charge in [0.15, 0.2) is 0 Å². The number of rotatable bonds is 5. The van der Waals surface area contributed by atoms with Gasteiger partial charge in [0.25, 0.3) is 0 Å². The second kappa shape index (κ2) is 6.37. The molecule has 3 atom stereocenters. The largest absolute Gasteiger partial charge is 0.395 e. The van der Waals surface area contributed by atoms with Gasteiger partial charge < -0.3 is 15.3 Å². The minimum atomic E-state index is 0.0865. The van der Waals surface area contributed by atoms with Crippen LogP contribution in [0.25, 0.3) is 0 Å². The first kappa shape index (κ1) is 15.0. The molecule has 2 rings (SSSR count). The molecule has 0 bridgehead atoms. The first-order chi connectivity index (χ1) is 9.54. The monoisotopic (exact) mass is 276 g/mol. The van der Waals surface area contributed by atoms with Crippen molar-refractivity contribution in [2.45, 2.75) is 44.8 Å². The van der Waals surface area contributed by atoms with E-state index in [0.717, 1.165) is 0 Å². The summed E-state index contributed by atoms with van der Waals surface area (Å²) in [4.78, 5) is 13.6. The minimum absolute atomic E-state index is 0.0865. The number of benzene rings is 1. The van der Waals surface area contributed by atoms with Crippen molar-refractivity contribution in [3.8, 4) is 0 Å². The molecular formula is C16H24N2O2. The summed E-state index contributed by atoms with van der Waals surface area (Å²) in [6.45, 7) is 6.48. The molecule has 1 fully saturated rings. The Kier molecular flexibility index (Phi) is 4.78. The van der Waals surface area contributed by atoms with Crippen molar-refractivity contribution < 1.29 is 9.90 Å². The van der Waals surface area contributed by atoms with E-state index in [1.165, 1.54) is 5.56 Å². The van der Waals surface area contributed by atoms with Crippen molar-refractivity contribution in [3.63, 3.8) is 0 Å². The van der Waals surface area contributed by atoms with Crippen LogP contribution in [0.4, 0.5) is 0 Å². The molecule has 0 unspecified atom stereocenters. The lowest BCUT2D eigenvalue weighted by Gasteiger charge is -2.48. The third-order valence-corrected chi connectivity index (χ3v) is 4.10. The van der Waals surface area contributed by atoms with Crippen LogP contribution in [0.5, 0.6) is 0 Å². The number of nitrogens with one attached hydrogen (secondary N) is 1. The lowest BCUT2D eigenvalue weighted by atomic mass is 9.77. The van der Waals surface area contributed by atoms with E-state index >= 15 is 0 Å². The Balaban J connectivity index is 2.10. The van der Waals surface area contributed by atoms with Crippen molar-refractivity contribution in [3.05, 3.63) is 35.9 Å². The van der Waals surface area contributed by atoms with Crippen LogP contribution in [0, 0.1) is 0 Å². The number of nitrogens with zero attached hydrogens (tertiary/aromatic N) is 1. The van der Waals surface area contributed by atoms with E-state index in [0.29, 0.717) is 6.54 Å². The standard InChI is InChI=1S/C16H24N2O2/c1-11(2)18(12(3)20)9-14-16(15(10-19)17-14)13-7-5-4-6-8-13/h4-8,11,14-17,19H,9-10H2,1-3H3/t14-,15-,16-/m1/s1. The highest BCUT2D eigenvalue weighted by Gasteiger charge is 2.42. The Bertz CT molecular complexity index is 447. The molecule has 1 aliphatic heterocycles. The van der Waals surface area contributed by atoms with Crippen molar-refractivity contribution in [1.29, 1.82) is 0 Å². The molecule has 4 heteroatoms. The van der Waals surface area contributed by atoms with Crippen LogP contribution in [-0.2, 0) is 4.79 Å². The van der Waals surface area contributed by atoms with Crippen LogP contribution in [0.1, 0.15) is 32.3 Å². The minimum Gasteiger partial charge on any atom is -0.395 e. The van der Waals surface area contributed by atoms with E-state index in [-0.39, 0.29) is 36.6 Å². The zero-order valence-corrected chi connectivity index (χ0v) is 12.4. The Labute approximate surface area is 120 Å². The predicted molar refractivity (Wildman–Crippen MR) is 79.5 cm³/mol. The Morgan fingerprint density at radius 1 is 1.30 bits per heavy atom. The average Bonchev–Trinajstić information content (AvgIpc) is 2.38. The molecule has 0 saturated carbocycles. The molecule has 1 heterocycles. The summed E-state index contributed by atoms with van der Waals surface area (Å²) in [7, 11) is 0. The molecule has 2 N–H and O–H groups in total. The van der Waals surface area contributed by atoms with Crippen LogP contribution in [0.2, 0.25) is 0 Å². The highest BCUT2D eigenvalue weighted by Crippen LogP contribution is 2.32. The number of hydrogen-bond acceptors (Lipinski definition) is 3. The number of aliphatic hydroxyl groups is 1. The molecular weight excluding hydrogens is 252 g/mol. The van der Waals surface area contributed by atoms with Gasteiger partial charge in [-0.15, -0.1) is 0 Å². The molecule has 0 aromatic heterocycles. The second-order valence-electron chi connectivity index (χ2n) is 5.76. The lowest BCUT2D eigenvalue weighted by Crippen LogP contribution is -2.65. The smallest absolute Gasteiger partial charge is 0.219 e. The predicted octanol–water partition coefficient (Wildman–Crippen LogP) is 1.36. The molecule has 0 aliphatic carbocycles. The van der Waals surface area contributed by atoms with Crippen LogP contribution in [0.15, 0.2) is 30.3 Å². The van der Waals surface area contributed by atoms with E-state index in [4.69, 9.17) is 0 Å². The summed E-state index contributed by atoms with van der Waals surface area (Å²) in [6, 6.07) is 10.7. The van der Waals surface area contributed by atoms with Crippen molar-refractivity contribution in [1.82, 2.24) is 10.2 Å². The van der Waals surface area contributed by atoms with Gasteiger partial charge in [-0.1, -0.05) is 30.3 Å². The number of carbonyl (C=O) groups is 1. The van der Waals surface area contributed by atoms with Gasteiger partial charge in [-0.2, -0.15) is 0 Å². The van der Waals surface area contributed by atoms with E-state index < -0.39 is 0 Å². The topological polar surface area (TPSA) is 52.6 Å². The molecule has 1 aromatic rings. The van der Waals surface area contributed by atoms with E-state index in [2.05, 4.69) is 17.4 Å².